The number of rotatable bonds is 3. The molecular weight excluding hydrogens is 242 g/mol. The fraction of sp³-hybridized carbons (Fsp3) is 0.786. The number of hydrogen-bond acceptors (Lipinski definition) is 4. The highest BCUT2D eigenvalue weighted by Gasteiger charge is 2.29. The van der Waals surface area contributed by atoms with Crippen LogP contribution in [-0.4, -0.2) is 29.5 Å². The smallest absolute Gasteiger partial charge is 0.0900 e. The third-order valence-electron chi connectivity index (χ3n) is 4.31. The van der Waals surface area contributed by atoms with Gasteiger partial charge in [-0.05, 0) is 52.1 Å². The van der Waals surface area contributed by atoms with E-state index in [1.54, 1.807) is 0 Å². The molecule has 18 heavy (non-hydrogen) atoms. The van der Waals surface area contributed by atoms with Crippen molar-refractivity contribution < 1.29 is 0 Å². The lowest BCUT2D eigenvalue weighted by molar-refractivity contribution is 0.0989. The van der Waals surface area contributed by atoms with Crippen molar-refractivity contribution in [1.82, 2.24) is 9.88 Å². The van der Waals surface area contributed by atoms with E-state index < -0.39 is 0 Å². The molecule has 0 aromatic carbocycles. The molecule has 3 unspecified atom stereocenters. The molecule has 0 radical (unpaired) electrons. The van der Waals surface area contributed by atoms with Crippen LogP contribution in [0.15, 0.2) is 0 Å². The van der Waals surface area contributed by atoms with Crippen molar-refractivity contribution in [2.24, 2.45) is 17.6 Å². The van der Waals surface area contributed by atoms with Crippen LogP contribution in [0.4, 0.5) is 0 Å². The number of nitrogens with two attached hydrogens (primary N) is 1. The van der Waals surface area contributed by atoms with Crippen molar-refractivity contribution >= 4 is 11.3 Å². The minimum atomic E-state index is 0.484. The fourth-order valence-electron chi connectivity index (χ4n) is 2.94. The lowest BCUT2D eigenvalue weighted by atomic mass is 9.86. The van der Waals surface area contributed by atoms with Gasteiger partial charge in [0.2, 0.25) is 0 Å². The minimum absolute atomic E-state index is 0.484. The first-order chi connectivity index (χ1) is 8.52. The highest BCUT2D eigenvalue weighted by atomic mass is 32.1. The molecule has 1 aliphatic rings. The molecule has 0 bridgehead atoms. The molecule has 0 saturated carbocycles. The van der Waals surface area contributed by atoms with Crippen LogP contribution >= 0.6 is 11.3 Å². The molecule has 1 aromatic rings. The number of hydrogen-bond donors (Lipinski definition) is 1. The Balaban J connectivity index is 2.10. The summed E-state index contributed by atoms with van der Waals surface area (Å²) in [7, 11) is 0. The maximum Gasteiger partial charge on any atom is 0.0900 e. The van der Waals surface area contributed by atoms with Gasteiger partial charge in [-0.3, -0.25) is 4.90 Å². The number of piperidine rings is 1. The van der Waals surface area contributed by atoms with Crippen molar-refractivity contribution in [3.63, 3.8) is 0 Å². The second-order valence-electron chi connectivity index (χ2n) is 5.62. The van der Waals surface area contributed by atoms with E-state index in [1.807, 2.05) is 11.3 Å². The normalized spacial score (nSPS) is 27.4. The Bertz CT molecular complexity index is 402. The van der Waals surface area contributed by atoms with E-state index in [4.69, 9.17) is 5.73 Å². The topological polar surface area (TPSA) is 42.2 Å². The predicted molar refractivity (Wildman–Crippen MR) is 77.9 cm³/mol. The van der Waals surface area contributed by atoms with Crippen LogP contribution in [0, 0.1) is 25.7 Å². The average Bonchev–Trinajstić information content (AvgIpc) is 2.68. The Hall–Kier alpha value is -0.450. The van der Waals surface area contributed by atoms with Gasteiger partial charge in [0.25, 0.3) is 0 Å². The highest BCUT2D eigenvalue weighted by Crippen LogP contribution is 2.33. The molecule has 1 aliphatic heterocycles. The lowest BCUT2D eigenvalue weighted by Crippen LogP contribution is -2.43. The zero-order valence-electron chi connectivity index (χ0n) is 11.9. The molecular formula is C14H25N3S. The molecule has 3 nitrogen and oxygen atoms in total. The van der Waals surface area contributed by atoms with Crippen LogP contribution in [0.3, 0.4) is 0 Å². The van der Waals surface area contributed by atoms with Crippen LogP contribution in [0.5, 0.6) is 0 Å². The summed E-state index contributed by atoms with van der Waals surface area (Å²) in [5.74, 6) is 1.42. The van der Waals surface area contributed by atoms with Crippen molar-refractivity contribution in [3.8, 4) is 0 Å². The Morgan fingerprint density at radius 2 is 2.22 bits per heavy atom. The summed E-state index contributed by atoms with van der Waals surface area (Å²) in [4.78, 5) is 8.56. The molecule has 2 N–H and O–H groups in total. The van der Waals surface area contributed by atoms with Crippen LogP contribution in [0.25, 0.3) is 0 Å². The van der Waals surface area contributed by atoms with Gasteiger partial charge in [-0.1, -0.05) is 6.92 Å². The fourth-order valence-corrected chi connectivity index (χ4v) is 3.95. The summed E-state index contributed by atoms with van der Waals surface area (Å²) in [6.45, 7) is 12.0. The Morgan fingerprint density at radius 3 is 2.78 bits per heavy atom. The zero-order chi connectivity index (χ0) is 13.3. The molecule has 4 heteroatoms. The summed E-state index contributed by atoms with van der Waals surface area (Å²) in [5, 5.41) is 1.18. The Labute approximate surface area is 114 Å². The second-order valence-corrected chi connectivity index (χ2v) is 6.85. The average molecular weight is 267 g/mol. The highest BCUT2D eigenvalue weighted by molar-refractivity contribution is 7.11. The predicted octanol–water partition coefficient (Wildman–Crippen LogP) is 2.74. The van der Waals surface area contributed by atoms with Crippen LogP contribution in [-0.2, 0) is 0 Å². The summed E-state index contributed by atoms with van der Waals surface area (Å²) in [6.07, 6.45) is 1.27. The van der Waals surface area contributed by atoms with Crippen molar-refractivity contribution in [2.75, 3.05) is 19.6 Å². The van der Waals surface area contributed by atoms with Gasteiger partial charge in [0.05, 0.1) is 10.7 Å². The largest absolute Gasteiger partial charge is 0.330 e. The monoisotopic (exact) mass is 267 g/mol. The van der Waals surface area contributed by atoms with E-state index >= 15 is 0 Å². The van der Waals surface area contributed by atoms with Gasteiger partial charge >= 0.3 is 0 Å². The standard InChI is InChI=1S/C14H25N3S/c1-9-5-6-17(8-13(9)7-15)11(3)14-10(2)16-12(4)18-14/h9,11,13H,5-8,15H2,1-4H3. The number of aryl methyl sites for hydroxylation is 2. The van der Waals surface area contributed by atoms with Gasteiger partial charge in [0.1, 0.15) is 0 Å². The van der Waals surface area contributed by atoms with Gasteiger partial charge in [0.15, 0.2) is 0 Å². The van der Waals surface area contributed by atoms with E-state index in [1.165, 1.54) is 28.5 Å². The van der Waals surface area contributed by atoms with Gasteiger partial charge in [-0.25, -0.2) is 4.98 Å². The van der Waals surface area contributed by atoms with Gasteiger partial charge in [0, 0.05) is 17.5 Å². The molecule has 2 heterocycles. The Morgan fingerprint density at radius 1 is 1.50 bits per heavy atom. The maximum absolute atomic E-state index is 5.89. The Kier molecular flexibility index (Phi) is 4.41. The van der Waals surface area contributed by atoms with Gasteiger partial charge < -0.3 is 5.73 Å². The molecule has 3 atom stereocenters. The summed E-state index contributed by atoms with van der Waals surface area (Å²) < 4.78 is 0. The first kappa shape index (κ1) is 14.0. The maximum atomic E-state index is 5.89. The summed E-state index contributed by atoms with van der Waals surface area (Å²) in [5.41, 5.74) is 7.09. The van der Waals surface area contributed by atoms with Gasteiger partial charge in [-0.15, -0.1) is 11.3 Å². The second kappa shape index (κ2) is 5.68. The molecule has 0 amide bonds. The third kappa shape index (κ3) is 2.76. The van der Waals surface area contributed by atoms with Crippen molar-refractivity contribution in [2.45, 2.75) is 40.2 Å². The molecule has 0 spiro atoms. The number of thiazole rings is 1. The third-order valence-corrected chi connectivity index (χ3v) is 5.56. The number of nitrogens with zero attached hydrogens (tertiary/aromatic N) is 2. The van der Waals surface area contributed by atoms with E-state index in [9.17, 15) is 0 Å². The van der Waals surface area contributed by atoms with Crippen molar-refractivity contribution in [1.29, 1.82) is 0 Å². The molecule has 102 valence electrons. The van der Waals surface area contributed by atoms with Gasteiger partial charge in [-0.2, -0.15) is 0 Å². The van der Waals surface area contributed by atoms with Crippen LogP contribution in [0.2, 0.25) is 0 Å². The van der Waals surface area contributed by atoms with E-state index in [0.717, 1.165) is 19.0 Å². The number of likely N-dealkylation sites (tertiary alicyclic amines) is 1. The molecule has 1 aromatic heterocycles. The first-order valence-corrected chi connectivity index (χ1v) is 7.72. The van der Waals surface area contributed by atoms with Crippen LogP contribution < -0.4 is 5.73 Å². The minimum Gasteiger partial charge on any atom is -0.330 e. The van der Waals surface area contributed by atoms with E-state index in [2.05, 4.69) is 37.6 Å². The van der Waals surface area contributed by atoms with Crippen LogP contribution in [0.1, 0.15) is 41.9 Å². The SMILES string of the molecule is Cc1nc(C)c(C(C)N2CCC(C)C(CN)C2)s1. The molecule has 1 fully saturated rings. The van der Waals surface area contributed by atoms with Crippen molar-refractivity contribution in [3.05, 3.63) is 15.6 Å². The number of aromatic nitrogens is 1. The quantitative estimate of drug-likeness (QED) is 0.915. The zero-order valence-corrected chi connectivity index (χ0v) is 12.8. The van der Waals surface area contributed by atoms with E-state index in [-0.39, 0.29) is 0 Å². The molecule has 1 saturated heterocycles. The lowest BCUT2D eigenvalue weighted by Gasteiger charge is -2.39. The van der Waals surface area contributed by atoms with E-state index in [0.29, 0.717) is 12.0 Å². The molecule has 2 rings (SSSR count). The summed E-state index contributed by atoms with van der Waals surface area (Å²) >= 11 is 1.84. The summed E-state index contributed by atoms with van der Waals surface area (Å²) in [6, 6.07) is 0.484. The molecule has 0 aliphatic carbocycles. The first-order valence-electron chi connectivity index (χ1n) is 6.91.